The zero-order valence-corrected chi connectivity index (χ0v) is 15.6. The van der Waals surface area contributed by atoms with Crippen molar-refractivity contribution in [2.45, 2.75) is 31.5 Å². The van der Waals surface area contributed by atoms with Gasteiger partial charge in [0.15, 0.2) is 0 Å². The van der Waals surface area contributed by atoms with Gasteiger partial charge in [0.2, 0.25) is 5.91 Å². The van der Waals surface area contributed by atoms with Crippen LogP contribution in [0, 0.1) is 5.82 Å². The first kappa shape index (κ1) is 19.1. The molecule has 1 heterocycles. The third-order valence-electron chi connectivity index (χ3n) is 4.76. The number of nitrogens with one attached hydrogen (secondary N) is 3. The monoisotopic (exact) mass is 373 g/mol. The van der Waals surface area contributed by atoms with Crippen LogP contribution in [0.2, 0.25) is 0 Å². The van der Waals surface area contributed by atoms with Crippen molar-refractivity contribution in [3.63, 3.8) is 0 Å². The van der Waals surface area contributed by atoms with Crippen LogP contribution in [0.15, 0.2) is 42.5 Å². The summed E-state index contributed by atoms with van der Waals surface area (Å²) in [5.74, 6) is 1.00. The number of carbonyl (C=O) groups excluding carboxylic acids is 1. The Morgan fingerprint density at radius 1 is 1.15 bits per heavy atom. The van der Waals surface area contributed by atoms with Crippen LogP contribution < -0.4 is 25.6 Å². The number of rotatable bonds is 6. The Morgan fingerprint density at radius 3 is 2.56 bits per heavy atom. The van der Waals surface area contributed by atoms with Crippen LogP contribution in [0.5, 0.6) is 11.5 Å². The summed E-state index contributed by atoms with van der Waals surface area (Å²) in [7, 11) is 3.21. The van der Waals surface area contributed by atoms with Gasteiger partial charge < -0.3 is 14.8 Å². The van der Waals surface area contributed by atoms with E-state index in [0.29, 0.717) is 17.9 Å². The van der Waals surface area contributed by atoms with E-state index in [1.807, 2.05) is 25.1 Å². The molecule has 3 rings (SSSR count). The molecule has 0 spiro atoms. The second kappa shape index (κ2) is 8.37. The van der Waals surface area contributed by atoms with Gasteiger partial charge in [0.05, 0.1) is 26.3 Å². The first-order valence-corrected chi connectivity index (χ1v) is 8.80. The molecule has 1 amide bonds. The van der Waals surface area contributed by atoms with Crippen molar-refractivity contribution in [3.05, 3.63) is 59.4 Å². The highest BCUT2D eigenvalue weighted by Crippen LogP contribution is 2.33. The number of hydrazine groups is 1. The van der Waals surface area contributed by atoms with Crippen LogP contribution in [0.1, 0.15) is 36.6 Å². The van der Waals surface area contributed by atoms with E-state index in [2.05, 4.69) is 16.2 Å². The van der Waals surface area contributed by atoms with Gasteiger partial charge >= 0.3 is 0 Å². The lowest BCUT2D eigenvalue weighted by Crippen LogP contribution is -2.43. The van der Waals surface area contributed by atoms with Crippen molar-refractivity contribution in [3.8, 4) is 11.5 Å². The molecule has 3 atom stereocenters. The summed E-state index contributed by atoms with van der Waals surface area (Å²) in [6.07, 6.45) is 0.574. The van der Waals surface area contributed by atoms with Gasteiger partial charge in [0.25, 0.3) is 0 Å². The van der Waals surface area contributed by atoms with E-state index in [0.717, 1.165) is 11.1 Å². The largest absolute Gasteiger partial charge is 0.497 e. The first-order chi connectivity index (χ1) is 13.0. The summed E-state index contributed by atoms with van der Waals surface area (Å²) in [5.41, 5.74) is 8.00. The summed E-state index contributed by atoms with van der Waals surface area (Å²) < 4.78 is 23.7. The molecule has 0 aliphatic carbocycles. The van der Waals surface area contributed by atoms with E-state index in [9.17, 15) is 9.18 Å². The maximum Gasteiger partial charge on any atom is 0.239 e. The molecular weight excluding hydrogens is 349 g/mol. The molecule has 2 aromatic rings. The molecule has 6 nitrogen and oxygen atoms in total. The Morgan fingerprint density at radius 2 is 1.89 bits per heavy atom. The second-order valence-electron chi connectivity index (χ2n) is 6.52. The van der Waals surface area contributed by atoms with Gasteiger partial charge in [-0.25, -0.2) is 15.2 Å². The molecule has 7 heteroatoms. The van der Waals surface area contributed by atoms with Gasteiger partial charge in [-0.3, -0.25) is 4.79 Å². The van der Waals surface area contributed by atoms with Crippen LogP contribution in [0.4, 0.5) is 4.39 Å². The number of amides is 1. The number of carbonyl (C=O) groups is 1. The van der Waals surface area contributed by atoms with Gasteiger partial charge in [0, 0.05) is 11.6 Å². The summed E-state index contributed by atoms with van der Waals surface area (Å²) in [4.78, 5) is 12.6. The number of methoxy groups -OCH3 is 2. The molecule has 3 unspecified atom stereocenters. The lowest BCUT2D eigenvalue weighted by Gasteiger charge is -2.17. The fraction of sp³-hybridized carbons (Fsp3) is 0.350. The predicted octanol–water partition coefficient (Wildman–Crippen LogP) is 2.63. The highest BCUT2D eigenvalue weighted by Gasteiger charge is 2.32. The molecule has 1 aliphatic rings. The maximum atomic E-state index is 13.0. The predicted molar refractivity (Wildman–Crippen MR) is 99.9 cm³/mol. The number of ether oxygens (including phenoxy) is 2. The fourth-order valence-electron chi connectivity index (χ4n) is 3.19. The maximum absolute atomic E-state index is 13.0. The molecular formula is C20H24FN3O3. The second-order valence-corrected chi connectivity index (χ2v) is 6.52. The summed E-state index contributed by atoms with van der Waals surface area (Å²) >= 11 is 0. The van der Waals surface area contributed by atoms with Crippen LogP contribution in [-0.4, -0.2) is 26.2 Å². The van der Waals surface area contributed by atoms with Crippen LogP contribution in [0.3, 0.4) is 0 Å². The molecule has 2 aromatic carbocycles. The van der Waals surface area contributed by atoms with Crippen molar-refractivity contribution in [1.29, 1.82) is 0 Å². The van der Waals surface area contributed by atoms with Crippen LogP contribution in [-0.2, 0) is 4.79 Å². The number of halogens is 1. The van der Waals surface area contributed by atoms with Crippen molar-refractivity contribution in [2.75, 3.05) is 14.2 Å². The standard InChI is InChI=1S/C20H24FN3O3/c1-12(13-4-6-14(21)7-5-13)22-20(25)18-11-17(23-24-18)16-9-8-15(26-2)10-19(16)27-3/h4-10,12,17-18,23-24H,11H2,1-3H3,(H,22,25). The molecule has 1 aliphatic heterocycles. The fourth-order valence-corrected chi connectivity index (χ4v) is 3.19. The van der Waals surface area contributed by atoms with E-state index < -0.39 is 0 Å². The normalized spacial score (nSPS) is 20.1. The molecule has 144 valence electrons. The molecule has 0 aromatic heterocycles. The van der Waals surface area contributed by atoms with Gasteiger partial charge in [-0.2, -0.15) is 0 Å². The van der Waals surface area contributed by atoms with Gasteiger partial charge in [-0.1, -0.05) is 18.2 Å². The average Bonchev–Trinajstić information content (AvgIpc) is 3.18. The van der Waals surface area contributed by atoms with Gasteiger partial charge in [-0.15, -0.1) is 0 Å². The molecule has 3 N–H and O–H groups in total. The highest BCUT2D eigenvalue weighted by atomic mass is 19.1. The Labute approximate surface area is 158 Å². The summed E-state index contributed by atoms with van der Waals surface area (Å²) in [6, 6.07) is 11.1. The summed E-state index contributed by atoms with van der Waals surface area (Å²) in [5, 5.41) is 2.96. The van der Waals surface area contributed by atoms with E-state index in [4.69, 9.17) is 9.47 Å². The van der Waals surface area contributed by atoms with E-state index in [-0.39, 0.29) is 29.8 Å². The Bertz CT molecular complexity index is 798. The molecule has 27 heavy (non-hydrogen) atoms. The molecule has 1 fully saturated rings. The molecule has 1 saturated heterocycles. The average molecular weight is 373 g/mol. The van der Waals surface area contributed by atoms with Gasteiger partial charge in [-0.05, 0) is 37.1 Å². The minimum atomic E-state index is -0.385. The third-order valence-corrected chi connectivity index (χ3v) is 4.76. The number of benzene rings is 2. The number of hydrogen-bond acceptors (Lipinski definition) is 5. The number of hydrogen-bond donors (Lipinski definition) is 3. The molecule has 0 bridgehead atoms. The highest BCUT2D eigenvalue weighted by molar-refractivity contribution is 5.82. The zero-order valence-electron chi connectivity index (χ0n) is 15.6. The Hall–Kier alpha value is -2.64. The van der Waals surface area contributed by atoms with E-state index in [1.165, 1.54) is 12.1 Å². The lowest BCUT2D eigenvalue weighted by molar-refractivity contribution is -0.123. The minimum Gasteiger partial charge on any atom is -0.497 e. The minimum absolute atomic E-state index is 0.0669. The molecule has 0 radical (unpaired) electrons. The van der Waals surface area contributed by atoms with Crippen LogP contribution in [0.25, 0.3) is 0 Å². The Balaban J connectivity index is 1.63. The van der Waals surface area contributed by atoms with Crippen molar-refractivity contribution >= 4 is 5.91 Å². The van der Waals surface area contributed by atoms with Crippen LogP contribution >= 0.6 is 0 Å². The molecule has 0 saturated carbocycles. The smallest absolute Gasteiger partial charge is 0.239 e. The van der Waals surface area contributed by atoms with Gasteiger partial charge in [0.1, 0.15) is 23.4 Å². The van der Waals surface area contributed by atoms with Crippen molar-refractivity contribution < 1.29 is 18.7 Å². The van der Waals surface area contributed by atoms with E-state index in [1.54, 1.807) is 26.4 Å². The first-order valence-electron chi connectivity index (χ1n) is 8.80. The lowest BCUT2D eigenvalue weighted by atomic mass is 10.00. The van der Waals surface area contributed by atoms with E-state index >= 15 is 0 Å². The van der Waals surface area contributed by atoms with Crippen molar-refractivity contribution in [2.24, 2.45) is 0 Å². The zero-order chi connectivity index (χ0) is 19.4. The topological polar surface area (TPSA) is 71.6 Å². The van der Waals surface area contributed by atoms with Crippen molar-refractivity contribution in [1.82, 2.24) is 16.2 Å². The SMILES string of the molecule is COc1ccc(C2CC(C(=O)NC(C)c3ccc(F)cc3)NN2)c(OC)c1. The Kier molecular flexibility index (Phi) is 5.93. The summed E-state index contributed by atoms with van der Waals surface area (Å²) in [6.45, 7) is 1.87. The quantitative estimate of drug-likeness (QED) is 0.726. The third kappa shape index (κ3) is 4.37.